The van der Waals surface area contributed by atoms with Crippen LogP contribution >= 0.6 is 0 Å². The first-order chi connectivity index (χ1) is 13.2. The lowest BCUT2D eigenvalue weighted by Gasteiger charge is -2.22. The number of methoxy groups -OCH3 is 2. The van der Waals surface area contributed by atoms with Gasteiger partial charge in [0.1, 0.15) is 6.10 Å². The van der Waals surface area contributed by atoms with E-state index >= 15 is 0 Å². The molecule has 2 aromatic heterocycles. The highest BCUT2D eigenvalue weighted by Gasteiger charge is 2.48. The predicted octanol–water partition coefficient (Wildman–Crippen LogP) is 1.14. The van der Waals surface area contributed by atoms with Gasteiger partial charge >= 0.3 is 6.09 Å². The molecule has 4 heterocycles. The normalized spacial score (nSPS) is 21.2. The van der Waals surface area contributed by atoms with Crippen molar-refractivity contribution < 1.29 is 19.0 Å². The minimum absolute atomic E-state index is 0.0398. The molecular weight excluding hydrogens is 350 g/mol. The maximum Gasteiger partial charge on any atom is 0.410 e. The Morgan fingerprint density at radius 3 is 2.63 bits per heavy atom. The first-order valence-corrected chi connectivity index (χ1v) is 8.77. The van der Waals surface area contributed by atoms with E-state index in [-0.39, 0.29) is 18.2 Å². The summed E-state index contributed by atoms with van der Waals surface area (Å²) >= 11 is 0. The molecule has 2 aliphatic rings. The van der Waals surface area contributed by atoms with Gasteiger partial charge < -0.3 is 19.1 Å². The molecule has 0 spiro atoms. The van der Waals surface area contributed by atoms with Gasteiger partial charge in [0.05, 0.1) is 32.9 Å². The molecule has 0 unspecified atom stereocenters. The van der Waals surface area contributed by atoms with Gasteiger partial charge in [0.25, 0.3) is 0 Å². The fraction of sp³-hybridized carbons (Fsp3) is 0.444. The zero-order chi connectivity index (χ0) is 18.8. The molecule has 0 saturated carbocycles. The highest BCUT2D eigenvalue weighted by atomic mass is 16.6. The predicted molar refractivity (Wildman–Crippen MR) is 96.1 cm³/mol. The van der Waals surface area contributed by atoms with E-state index in [1.165, 1.54) is 0 Å². The number of fused-ring (bicyclic) bond motifs is 1. The van der Waals surface area contributed by atoms with Gasteiger partial charge in [-0.15, -0.1) is 0 Å². The zero-order valence-corrected chi connectivity index (χ0v) is 15.2. The minimum atomic E-state index is -0.273. The Morgan fingerprint density at radius 2 is 1.96 bits per heavy atom. The summed E-state index contributed by atoms with van der Waals surface area (Å²) < 4.78 is 16.0. The third kappa shape index (κ3) is 3.44. The molecular formula is C18H21N5O4. The summed E-state index contributed by atoms with van der Waals surface area (Å²) in [6.45, 7) is 1.69. The van der Waals surface area contributed by atoms with Crippen molar-refractivity contribution in [1.29, 1.82) is 0 Å². The van der Waals surface area contributed by atoms with Crippen LogP contribution in [0.15, 0.2) is 30.5 Å². The summed E-state index contributed by atoms with van der Waals surface area (Å²) in [5.74, 6) is 1.36. The Morgan fingerprint density at radius 1 is 1.19 bits per heavy atom. The summed E-state index contributed by atoms with van der Waals surface area (Å²) in [5.41, 5.74) is 0.949. The van der Waals surface area contributed by atoms with Crippen LogP contribution in [0.3, 0.4) is 0 Å². The molecule has 9 nitrogen and oxygen atoms in total. The van der Waals surface area contributed by atoms with E-state index < -0.39 is 0 Å². The van der Waals surface area contributed by atoms with E-state index in [4.69, 9.17) is 14.2 Å². The van der Waals surface area contributed by atoms with E-state index in [2.05, 4.69) is 15.0 Å². The minimum Gasteiger partial charge on any atom is -0.481 e. The van der Waals surface area contributed by atoms with E-state index in [9.17, 15) is 4.79 Å². The van der Waals surface area contributed by atoms with Crippen LogP contribution in [0.1, 0.15) is 5.69 Å². The molecule has 4 rings (SSSR count). The third-order valence-electron chi connectivity index (χ3n) is 4.83. The average molecular weight is 371 g/mol. The molecule has 2 aromatic rings. The van der Waals surface area contributed by atoms with Crippen molar-refractivity contribution in [2.24, 2.45) is 0 Å². The van der Waals surface area contributed by atoms with Gasteiger partial charge in [-0.05, 0) is 12.1 Å². The Hall–Kier alpha value is -3.10. The standard InChI is InChI=1S/C18H21N5O4/c1-25-15-9-16(26-2)21-17(20-15)22-10-13-14(11-22)27-18(24)23(13)8-6-12-5-3-4-7-19-12/h3-5,7,9,13-14H,6,8,10-11H2,1-2H3/t13-,14+/m1/s1. The second kappa shape index (κ2) is 7.26. The van der Waals surface area contributed by atoms with Crippen molar-refractivity contribution in [2.45, 2.75) is 18.6 Å². The van der Waals surface area contributed by atoms with Crippen LogP contribution in [0.25, 0.3) is 0 Å². The molecule has 0 N–H and O–H groups in total. The molecule has 0 aromatic carbocycles. The zero-order valence-electron chi connectivity index (χ0n) is 15.2. The van der Waals surface area contributed by atoms with Gasteiger partial charge in [0.2, 0.25) is 17.7 Å². The molecule has 0 radical (unpaired) electrons. The summed E-state index contributed by atoms with van der Waals surface area (Å²) in [5, 5.41) is 0. The Labute approximate surface area is 156 Å². The quantitative estimate of drug-likeness (QED) is 0.747. The number of hydrogen-bond acceptors (Lipinski definition) is 8. The van der Waals surface area contributed by atoms with Crippen LogP contribution < -0.4 is 14.4 Å². The Balaban J connectivity index is 1.47. The summed E-state index contributed by atoms with van der Waals surface area (Å²) in [4.78, 5) is 29.1. The topological polar surface area (TPSA) is 89.9 Å². The summed E-state index contributed by atoms with van der Waals surface area (Å²) in [6.07, 6.45) is 1.96. The van der Waals surface area contributed by atoms with E-state index in [0.717, 1.165) is 5.69 Å². The Kier molecular flexibility index (Phi) is 4.66. The highest BCUT2D eigenvalue weighted by molar-refractivity contribution is 5.71. The van der Waals surface area contributed by atoms with Crippen LogP contribution in [0.2, 0.25) is 0 Å². The summed E-state index contributed by atoms with van der Waals surface area (Å²) in [7, 11) is 3.09. The van der Waals surface area contributed by atoms with Gasteiger partial charge in [-0.2, -0.15) is 9.97 Å². The number of aromatic nitrogens is 3. The lowest BCUT2D eigenvalue weighted by Crippen LogP contribution is -2.39. The molecule has 0 bridgehead atoms. The van der Waals surface area contributed by atoms with Gasteiger partial charge in [-0.1, -0.05) is 6.07 Å². The molecule has 9 heteroatoms. The average Bonchev–Trinajstić information content (AvgIpc) is 3.24. The number of ether oxygens (including phenoxy) is 3. The van der Waals surface area contributed by atoms with Crippen LogP contribution in [0.4, 0.5) is 10.7 Å². The third-order valence-corrected chi connectivity index (χ3v) is 4.83. The lowest BCUT2D eigenvalue weighted by molar-refractivity contribution is 0.136. The SMILES string of the molecule is COc1cc(OC)nc(N2C[C@@H]3OC(=O)N(CCc4ccccn4)[C@@H]3C2)n1. The maximum atomic E-state index is 12.2. The number of pyridine rings is 1. The number of anilines is 1. The van der Waals surface area contributed by atoms with Gasteiger partial charge in [0, 0.05) is 31.4 Å². The van der Waals surface area contributed by atoms with Crippen molar-refractivity contribution in [3.05, 3.63) is 36.2 Å². The highest BCUT2D eigenvalue weighted by Crippen LogP contribution is 2.30. The van der Waals surface area contributed by atoms with Gasteiger partial charge in [-0.25, -0.2) is 4.79 Å². The summed E-state index contributed by atoms with van der Waals surface area (Å²) in [6, 6.07) is 7.36. The molecule has 2 fully saturated rings. The molecule has 142 valence electrons. The van der Waals surface area contributed by atoms with Crippen LogP contribution in [0.5, 0.6) is 11.8 Å². The first kappa shape index (κ1) is 17.3. The molecule has 27 heavy (non-hydrogen) atoms. The van der Waals surface area contributed by atoms with Gasteiger partial charge in [-0.3, -0.25) is 9.88 Å². The largest absolute Gasteiger partial charge is 0.481 e. The number of rotatable bonds is 6. The second-order valence-corrected chi connectivity index (χ2v) is 6.41. The number of amides is 1. The molecule has 2 atom stereocenters. The van der Waals surface area contributed by atoms with Crippen molar-refractivity contribution >= 4 is 12.0 Å². The number of carbonyl (C=O) groups is 1. The smallest absolute Gasteiger partial charge is 0.410 e. The molecule has 0 aliphatic carbocycles. The number of nitrogens with zero attached hydrogens (tertiary/aromatic N) is 5. The van der Waals surface area contributed by atoms with Crippen LogP contribution in [-0.2, 0) is 11.2 Å². The van der Waals surface area contributed by atoms with Crippen molar-refractivity contribution in [3.63, 3.8) is 0 Å². The van der Waals surface area contributed by atoms with Crippen LogP contribution in [0, 0.1) is 0 Å². The fourth-order valence-electron chi connectivity index (χ4n) is 3.45. The van der Waals surface area contributed by atoms with E-state index in [1.54, 1.807) is 31.4 Å². The first-order valence-electron chi connectivity index (χ1n) is 8.77. The van der Waals surface area contributed by atoms with E-state index in [0.29, 0.717) is 43.8 Å². The number of carbonyl (C=O) groups excluding carboxylic acids is 1. The monoisotopic (exact) mass is 371 g/mol. The van der Waals surface area contributed by atoms with Crippen LogP contribution in [-0.4, -0.2) is 71.9 Å². The second-order valence-electron chi connectivity index (χ2n) is 6.41. The van der Waals surface area contributed by atoms with Gasteiger partial charge in [0.15, 0.2) is 0 Å². The molecule has 1 amide bonds. The van der Waals surface area contributed by atoms with Crippen molar-refractivity contribution in [3.8, 4) is 11.8 Å². The number of hydrogen-bond donors (Lipinski definition) is 0. The molecule has 2 saturated heterocycles. The van der Waals surface area contributed by atoms with Crippen molar-refractivity contribution in [1.82, 2.24) is 19.9 Å². The molecule has 2 aliphatic heterocycles. The maximum absolute atomic E-state index is 12.2. The lowest BCUT2D eigenvalue weighted by atomic mass is 10.2. The fourth-order valence-corrected chi connectivity index (χ4v) is 3.45. The van der Waals surface area contributed by atoms with E-state index in [1.807, 2.05) is 23.1 Å². The van der Waals surface area contributed by atoms with Crippen molar-refractivity contribution in [2.75, 3.05) is 38.8 Å². The Bertz CT molecular complexity index is 796.